The summed E-state index contributed by atoms with van der Waals surface area (Å²) >= 11 is 0. The lowest BCUT2D eigenvalue weighted by Crippen LogP contribution is -2.45. The molecule has 0 amide bonds. The number of rotatable bonds is 2. The van der Waals surface area contributed by atoms with Crippen molar-refractivity contribution in [2.24, 2.45) is 5.73 Å². The van der Waals surface area contributed by atoms with Crippen molar-refractivity contribution in [1.82, 2.24) is 0 Å². The maximum absolute atomic E-state index is 12.4. The Morgan fingerprint density at radius 3 is 2.72 bits per heavy atom. The summed E-state index contributed by atoms with van der Waals surface area (Å²) in [5.74, 6) is 0.360. The lowest BCUT2D eigenvalue weighted by atomic mass is 9.92. The molecule has 1 aromatic carbocycles. The molecule has 0 radical (unpaired) electrons. The molecule has 1 aliphatic rings. The van der Waals surface area contributed by atoms with Gasteiger partial charge in [-0.05, 0) is 31.4 Å². The van der Waals surface area contributed by atoms with E-state index in [9.17, 15) is 4.79 Å². The standard InChI is InChI=1S/C15H17NO2/c1-10-5-4-6-11-9-12(18-13(10)11)14(17)15(16)7-2-3-8-15/h4-6,9H,2-3,7-8,16H2,1H3. The number of carbonyl (C=O) groups is 1. The molecule has 1 aromatic heterocycles. The largest absolute Gasteiger partial charge is 0.453 e. The van der Waals surface area contributed by atoms with Gasteiger partial charge in [-0.3, -0.25) is 4.79 Å². The van der Waals surface area contributed by atoms with E-state index in [4.69, 9.17) is 10.2 Å². The third-order valence-corrected chi connectivity index (χ3v) is 3.91. The Morgan fingerprint density at radius 1 is 1.33 bits per heavy atom. The predicted molar refractivity (Wildman–Crippen MR) is 70.7 cm³/mol. The quantitative estimate of drug-likeness (QED) is 0.824. The highest BCUT2D eigenvalue weighted by Crippen LogP contribution is 2.32. The first-order valence-electron chi connectivity index (χ1n) is 6.43. The van der Waals surface area contributed by atoms with Crippen LogP contribution in [0.25, 0.3) is 11.0 Å². The molecule has 1 fully saturated rings. The lowest BCUT2D eigenvalue weighted by molar-refractivity contribution is 0.0865. The van der Waals surface area contributed by atoms with Crippen LogP contribution in [0.3, 0.4) is 0 Å². The zero-order valence-corrected chi connectivity index (χ0v) is 10.5. The number of aryl methyl sites for hydroxylation is 1. The topological polar surface area (TPSA) is 56.2 Å². The van der Waals surface area contributed by atoms with Crippen LogP contribution < -0.4 is 5.73 Å². The molecule has 2 N–H and O–H groups in total. The van der Waals surface area contributed by atoms with Crippen molar-refractivity contribution in [3.8, 4) is 0 Å². The molecule has 3 heteroatoms. The van der Waals surface area contributed by atoms with Gasteiger partial charge in [-0.25, -0.2) is 0 Å². The first kappa shape index (κ1) is 11.5. The number of Topliss-reactive ketones (excluding diaryl/α,β-unsaturated/α-hetero) is 1. The zero-order chi connectivity index (χ0) is 12.8. The molecule has 1 heterocycles. The molecule has 1 aliphatic carbocycles. The van der Waals surface area contributed by atoms with Crippen molar-refractivity contribution >= 4 is 16.8 Å². The van der Waals surface area contributed by atoms with Crippen molar-refractivity contribution in [1.29, 1.82) is 0 Å². The van der Waals surface area contributed by atoms with Gasteiger partial charge >= 0.3 is 0 Å². The van der Waals surface area contributed by atoms with E-state index in [1.54, 1.807) is 0 Å². The Kier molecular flexibility index (Phi) is 2.52. The number of hydrogen-bond acceptors (Lipinski definition) is 3. The molecular weight excluding hydrogens is 226 g/mol. The number of benzene rings is 1. The van der Waals surface area contributed by atoms with Crippen molar-refractivity contribution < 1.29 is 9.21 Å². The van der Waals surface area contributed by atoms with E-state index in [1.165, 1.54) is 0 Å². The smallest absolute Gasteiger partial charge is 0.217 e. The van der Waals surface area contributed by atoms with Crippen LogP contribution in [0.4, 0.5) is 0 Å². The molecule has 0 aliphatic heterocycles. The van der Waals surface area contributed by atoms with Gasteiger partial charge in [-0.1, -0.05) is 31.0 Å². The van der Waals surface area contributed by atoms with E-state index >= 15 is 0 Å². The van der Waals surface area contributed by atoms with Gasteiger partial charge < -0.3 is 10.2 Å². The highest BCUT2D eigenvalue weighted by Gasteiger charge is 2.39. The van der Waals surface area contributed by atoms with E-state index in [0.29, 0.717) is 5.76 Å². The van der Waals surface area contributed by atoms with Gasteiger partial charge in [0.05, 0.1) is 5.54 Å². The van der Waals surface area contributed by atoms with Gasteiger partial charge in [0.15, 0.2) is 5.76 Å². The molecule has 0 bridgehead atoms. The predicted octanol–water partition coefficient (Wildman–Crippen LogP) is 3.20. The van der Waals surface area contributed by atoms with Crippen LogP contribution in [0.1, 0.15) is 41.8 Å². The van der Waals surface area contributed by atoms with E-state index < -0.39 is 5.54 Å². The number of furan rings is 1. The number of para-hydroxylation sites is 1. The molecule has 18 heavy (non-hydrogen) atoms. The van der Waals surface area contributed by atoms with Crippen LogP contribution in [0.2, 0.25) is 0 Å². The Morgan fingerprint density at radius 2 is 2.06 bits per heavy atom. The van der Waals surface area contributed by atoms with Crippen molar-refractivity contribution in [3.05, 3.63) is 35.6 Å². The normalized spacial score (nSPS) is 18.3. The lowest BCUT2D eigenvalue weighted by Gasteiger charge is -2.19. The molecule has 0 unspecified atom stereocenters. The molecule has 2 aromatic rings. The fourth-order valence-electron chi connectivity index (χ4n) is 2.80. The third-order valence-electron chi connectivity index (χ3n) is 3.91. The molecule has 0 spiro atoms. The SMILES string of the molecule is Cc1cccc2cc(C(=O)C3(N)CCCC3)oc12. The second-order valence-corrected chi connectivity index (χ2v) is 5.30. The Balaban J connectivity index is 2.04. The summed E-state index contributed by atoms with van der Waals surface area (Å²) in [6.07, 6.45) is 3.59. The Bertz CT molecular complexity index is 606. The molecule has 3 rings (SSSR count). The minimum Gasteiger partial charge on any atom is -0.453 e. The summed E-state index contributed by atoms with van der Waals surface area (Å²) in [6, 6.07) is 7.72. The summed E-state index contributed by atoms with van der Waals surface area (Å²) < 4.78 is 5.71. The summed E-state index contributed by atoms with van der Waals surface area (Å²) in [5.41, 5.74) is 7.32. The molecule has 0 atom stereocenters. The average Bonchev–Trinajstić information content (AvgIpc) is 2.96. The van der Waals surface area contributed by atoms with Gasteiger partial charge in [-0.2, -0.15) is 0 Å². The van der Waals surface area contributed by atoms with Gasteiger partial charge in [-0.15, -0.1) is 0 Å². The first-order chi connectivity index (χ1) is 8.60. The monoisotopic (exact) mass is 243 g/mol. The number of hydrogen-bond donors (Lipinski definition) is 1. The number of carbonyl (C=O) groups excluding carboxylic acids is 1. The number of fused-ring (bicyclic) bond motifs is 1. The van der Waals surface area contributed by atoms with E-state index in [2.05, 4.69) is 0 Å². The second kappa shape index (κ2) is 3.95. The third kappa shape index (κ3) is 1.66. The second-order valence-electron chi connectivity index (χ2n) is 5.30. The van der Waals surface area contributed by atoms with E-state index in [-0.39, 0.29) is 5.78 Å². The van der Waals surface area contributed by atoms with Gasteiger partial charge in [0.25, 0.3) is 0 Å². The van der Waals surface area contributed by atoms with Crippen LogP contribution in [0, 0.1) is 6.92 Å². The Labute approximate surface area is 106 Å². The summed E-state index contributed by atoms with van der Waals surface area (Å²) in [6.45, 7) is 1.98. The number of ketones is 1. The molecular formula is C15H17NO2. The zero-order valence-electron chi connectivity index (χ0n) is 10.5. The Hall–Kier alpha value is -1.61. The molecule has 94 valence electrons. The minimum absolute atomic E-state index is 0.0457. The van der Waals surface area contributed by atoms with E-state index in [0.717, 1.165) is 42.2 Å². The number of nitrogens with two attached hydrogens (primary N) is 1. The van der Waals surface area contributed by atoms with Crippen molar-refractivity contribution in [2.45, 2.75) is 38.1 Å². The highest BCUT2D eigenvalue weighted by molar-refractivity contribution is 6.04. The van der Waals surface area contributed by atoms with Crippen LogP contribution in [0.5, 0.6) is 0 Å². The maximum atomic E-state index is 12.4. The average molecular weight is 243 g/mol. The van der Waals surface area contributed by atoms with Crippen LogP contribution in [-0.4, -0.2) is 11.3 Å². The van der Waals surface area contributed by atoms with Crippen molar-refractivity contribution in [2.75, 3.05) is 0 Å². The first-order valence-corrected chi connectivity index (χ1v) is 6.43. The fourth-order valence-corrected chi connectivity index (χ4v) is 2.80. The highest BCUT2D eigenvalue weighted by atomic mass is 16.3. The van der Waals surface area contributed by atoms with Crippen molar-refractivity contribution in [3.63, 3.8) is 0 Å². The van der Waals surface area contributed by atoms with Crippen LogP contribution in [0.15, 0.2) is 28.7 Å². The van der Waals surface area contributed by atoms with Gasteiger partial charge in [0, 0.05) is 5.39 Å². The minimum atomic E-state index is -0.707. The van der Waals surface area contributed by atoms with Crippen LogP contribution >= 0.6 is 0 Å². The maximum Gasteiger partial charge on any atom is 0.217 e. The van der Waals surface area contributed by atoms with E-state index in [1.807, 2.05) is 31.2 Å². The molecule has 1 saturated carbocycles. The molecule has 3 nitrogen and oxygen atoms in total. The summed E-state index contributed by atoms with van der Waals surface area (Å²) in [4.78, 5) is 12.4. The van der Waals surface area contributed by atoms with Crippen LogP contribution in [-0.2, 0) is 0 Å². The van der Waals surface area contributed by atoms with Gasteiger partial charge in [0.2, 0.25) is 5.78 Å². The molecule has 0 saturated heterocycles. The van der Waals surface area contributed by atoms with Gasteiger partial charge in [0.1, 0.15) is 5.58 Å². The fraction of sp³-hybridized carbons (Fsp3) is 0.400. The summed E-state index contributed by atoms with van der Waals surface area (Å²) in [7, 11) is 0. The summed E-state index contributed by atoms with van der Waals surface area (Å²) in [5, 5.41) is 0.972.